The van der Waals surface area contributed by atoms with Crippen LogP contribution in [0.25, 0.3) is 11.6 Å². The summed E-state index contributed by atoms with van der Waals surface area (Å²) in [6.07, 6.45) is 2.84. The van der Waals surface area contributed by atoms with Crippen LogP contribution in [-0.2, 0) is 0 Å². The first kappa shape index (κ1) is 11.7. The predicted octanol–water partition coefficient (Wildman–Crippen LogP) is 1.32. The highest BCUT2D eigenvalue weighted by Crippen LogP contribution is 2.19. The van der Waals surface area contributed by atoms with Gasteiger partial charge in [-0.05, 0) is 19.4 Å². The van der Waals surface area contributed by atoms with Crippen LogP contribution in [-0.4, -0.2) is 31.3 Å². The predicted molar refractivity (Wildman–Crippen MR) is 60.2 cm³/mol. The molecule has 17 heavy (non-hydrogen) atoms. The van der Waals surface area contributed by atoms with Gasteiger partial charge in [0.05, 0.1) is 12.0 Å². The van der Waals surface area contributed by atoms with Gasteiger partial charge in [0.1, 0.15) is 0 Å². The van der Waals surface area contributed by atoms with E-state index in [9.17, 15) is 5.11 Å². The molecule has 0 amide bonds. The van der Waals surface area contributed by atoms with E-state index in [2.05, 4.69) is 20.1 Å². The Bertz CT molecular complexity index is 492. The zero-order valence-corrected chi connectivity index (χ0v) is 9.95. The summed E-state index contributed by atoms with van der Waals surface area (Å²) in [5, 5.41) is 13.2. The van der Waals surface area contributed by atoms with E-state index in [1.165, 1.54) is 0 Å². The van der Waals surface area contributed by atoms with Gasteiger partial charge in [-0.2, -0.15) is 4.98 Å². The molecule has 0 radical (unpaired) electrons. The number of nitrogens with zero attached hydrogens (tertiary/aromatic N) is 4. The molecule has 0 saturated heterocycles. The van der Waals surface area contributed by atoms with Crippen molar-refractivity contribution in [3.05, 3.63) is 23.8 Å². The quantitative estimate of drug-likeness (QED) is 0.862. The molecule has 0 aliphatic heterocycles. The number of aliphatic hydroxyl groups excluding tert-OH is 1. The van der Waals surface area contributed by atoms with E-state index in [1.54, 1.807) is 19.3 Å². The third-order valence-corrected chi connectivity index (χ3v) is 2.54. The van der Waals surface area contributed by atoms with Crippen LogP contribution < -0.4 is 0 Å². The Kier molecular flexibility index (Phi) is 3.14. The molecular weight excluding hydrogens is 220 g/mol. The maximum absolute atomic E-state index is 9.43. The smallest absolute Gasteiger partial charge is 0.240 e. The van der Waals surface area contributed by atoms with Crippen LogP contribution in [0.5, 0.6) is 0 Å². The number of aromatic nitrogens is 4. The van der Waals surface area contributed by atoms with Crippen molar-refractivity contribution < 1.29 is 9.63 Å². The summed E-state index contributed by atoms with van der Waals surface area (Å²) in [6, 6.07) is 0. The maximum Gasteiger partial charge on any atom is 0.240 e. The van der Waals surface area contributed by atoms with Gasteiger partial charge in [0, 0.05) is 12.4 Å². The molecule has 6 nitrogen and oxygen atoms in total. The van der Waals surface area contributed by atoms with E-state index >= 15 is 0 Å². The van der Waals surface area contributed by atoms with Crippen LogP contribution in [0.1, 0.15) is 31.2 Å². The fraction of sp³-hybridized carbons (Fsp3) is 0.455. The van der Waals surface area contributed by atoms with Crippen LogP contribution in [0.2, 0.25) is 0 Å². The molecule has 0 saturated carbocycles. The molecular formula is C11H14N4O2. The molecule has 2 aromatic heterocycles. The summed E-state index contributed by atoms with van der Waals surface area (Å²) in [5.74, 6) is 0.941. The lowest BCUT2D eigenvalue weighted by molar-refractivity contribution is 0.151. The first-order valence-electron chi connectivity index (χ1n) is 5.38. The van der Waals surface area contributed by atoms with Crippen molar-refractivity contribution in [1.82, 2.24) is 20.1 Å². The van der Waals surface area contributed by atoms with E-state index in [-0.39, 0.29) is 5.92 Å². The van der Waals surface area contributed by atoms with Crippen LogP contribution in [0.4, 0.5) is 0 Å². The summed E-state index contributed by atoms with van der Waals surface area (Å²) >= 11 is 0. The number of aliphatic hydroxyl groups is 1. The largest absolute Gasteiger partial charge is 0.393 e. The van der Waals surface area contributed by atoms with Crippen molar-refractivity contribution in [3.8, 4) is 11.6 Å². The molecule has 1 N–H and O–H groups in total. The fourth-order valence-corrected chi connectivity index (χ4v) is 1.23. The lowest BCUT2D eigenvalue weighted by atomic mass is 10.1. The highest BCUT2D eigenvalue weighted by atomic mass is 16.5. The Morgan fingerprint density at radius 1 is 1.18 bits per heavy atom. The van der Waals surface area contributed by atoms with Gasteiger partial charge in [-0.1, -0.05) is 12.1 Å². The van der Waals surface area contributed by atoms with Crippen LogP contribution in [0.3, 0.4) is 0 Å². The lowest BCUT2D eigenvalue weighted by Gasteiger charge is -2.07. The van der Waals surface area contributed by atoms with Gasteiger partial charge in [-0.25, -0.2) is 9.97 Å². The van der Waals surface area contributed by atoms with E-state index in [4.69, 9.17) is 4.52 Å². The summed E-state index contributed by atoms with van der Waals surface area (Å²) in [7, 11) is 0. The summed E-state index contributed by atoms with van der Waals surface area (Å²) in [5.41, 5.74) is 0.967. The van der Waals surface area contributed by atoms with Crippen molar-refractivity contribution in [2.75, 3.05) is 0 Å². The molecule has 0 bridgehead atoms. The van der Waals surface area contributed by atoms with Gasteiger partial charge in [-0.15, -0.1) is 0 Å². The molecule has 0 aliphatic carbocycles. The molecule has 0 aromatic carbocycles. The van der Waals surface area contributed by atoms with Crippen LogP contribution >= 0.6 is 0 Å². The van der Waals surface area contributed by atoms with Gasteiger partial charge in [0.15, 0.2) is 0 Å². The molecule has 2 heterocycles. The molecule has 2 atom stereocenters. The number of hydrogen-bond acceptors (Lipinski definition) is 6. The highest BCUT2D eigenvalue weighted by molar-refractivity contribution is 5.41. The SMILES string of the molecule is Cc1cnc(-c2noc(C(C)C(C)O)n2)nc1. The summed E-state index contributed by atoms with van der Waals surface area (Å²) in [6.45, 7) is 5.40. The molecule has 6 heteroatoms. The molecule has 2 unspecified atom stereocenters. The number of hydrogen-bond donors (Lipinski definition) is 1. The first-order chi connectivity index (χ1) is 8.08. The van der Waals surface area contributed by atoms with E-state index in [1.807, 2.05) is 13.8 Å². The fourth-order valence-electron chi connectivity index (χ4n) is 1.23. The third kappa shape index (κ3) is 2.47. The minimum absolute atomic E-state index is 0.207. The van der Waals surface area contributed by atoms with Crippen LogP contribution in [0.15, 0.2) is 16.9 Å². The molecule has 2 aromatic rings. The average molecular weight is 234 g/mol. The Hall–Kier alpha value is -1.82. The van der Waals surface area contributed by atoms with Gasteiger partial charge < -0.3 is 9.63 Å². The van der Waals surface area contributed by atoms with Crippen molar-refractivity contribution in [2.24, 2.45) is 0 Å². The number of aryl methyl sites for hydroxylation is 1. The van der Waals surface area contributed by atoms with E-state index in [0.29, 0.717) is 17.5 Å². The zero-order chi connectivity index (χ0) is 12.4. The van der Waals surface area contributed by atoms with Gasteiger partial charge >= 0.3 is 0 Å². The topological polar surface area (TPSA) is 84.9 Å². The zero-order valence-electron chi connectivity index (χ0n) is 9.95. The average Bonchev–Trinajstić information content (AvgIpc) is 2.78. The Morgan fingerprint density at radius 2 is 1.82 bits per heavy atom. The molecule has 90 valence electrons. The third-order valence-electron chi connectivity index (χ3n) is 2.54. The summed E-state index contributed by atoms with van der Waals surface area (Å²) < 4.78 is 5.07. The normalized spacial score (nSPS) is 14.6. The first-order valence-corrected chi connectivity index (χ1v) is 5.38. The Morgan fingerprint density at radius 3 is 2.41 bits per heavy atom. The van der Waals surface area contributed by atoms with Crippen molar-refractivity contribution in [3.63, 3.8) is 0 Å². The Balaban J connectivity index is 2.26. The minimum atomic E-state index is -0.540. The molecule has 0 spiro atoms. The van der Waals surface area contributed by atoms with E-state index < -0.39 is 6.10 Å². The van der Waals surface area contributed by atoms with Crippen molar-refractivity contribution >= 4 is 0 Å². The highest BCUT2D eigenvalue weighted by Gasteiger charge is 2.20. The second-order valence-corrected chi connectivity index (χ2v) is 4.07. The minimum Gasteiger partial charge on any atom is -0.393 e. The molecule has 0 aliphatic rings. The second kappa shape index (κ2) is 4.58. The monoisotopic (exact) mass is 234 g/mol. The molecule has 2 rings (SSSR count). The lowest BCUT2D eigenvalue weighted by Crippen LogP contribution is -2.11. The van der Waals surface area contributed by atoms with Crippen molar-refractivity contribution in [2.45, 2.75) is 32.8 Å². The number of rotatable bonds is 3. The van der Waals surface area contributed by atoms with Gasteiger partial charge in [0.2, 0.25) is 17.5 Å². The van der Waals surface area contributed by atoms with Crippen molar-refractivity contribution in [1.29, 1.82) is 0 Å². The maximum atomic E-state index is 9.43. The molecule has 0 fully saturated rings. The Labute approximate surface area is 98.7 Å². The van der Waals surface area contributed by atoms with E-state index in [0.717, 1.165) is 5.56 Å². The van der Waals surface area contributed by atoms with Gasteiger partial charge in [0.25, 0.3) is 0 Å². The van der Waals surface area contributed by atoms with Gasteiger partial charge in [-0.3, -0.25) is 0 Å². The second-order valence-electron chi connectivity index (χ2n) is 4.07. The van der Waals surface area contributed by atoms with Crippen LogP contribution in [0, 0.1) is 6.92 Å². The standard InChI is InChI=1S/C11H14N4O2/c1-6-4-12-9(13-5-6)10-14-11(17-15-10)7(2)8(3)16/h4-5,7-8,16H,1-3H3. The summed E-state index contributed by atoms with van der Waals surface area (Å²) in [4.78, 5) is 12.4.